The molecule has 0 bridgehead atoms. The molecule has 3 amide bonds. The summed E-state index contributed by atoms with van der Waals surface area (Å²) in [6.07, 6.45) is 5.44. The Hall–Kier alpha value is -9.69. The van der Waals surface area contributed by atoms with Crippen LogP contribution in [0.3, 0.4) is 0 Å². The molecule has 4 aromatic carbocycles. The van der Waals surface area contributed by atoms with E-state index in [0.29, 0.717) is 40.1 Å². The van der Waals surface area contributed by atoms with Gasteiger partial charge in [0.2, 0.25) is 0 Å². The summed E-state index contributed by atoms with van der Waals surface area (Å²) in [4.78, 5) is 109. The van der Waals surface area contributed by atoms with Gasteiger partial charge in [0.25, 0.3) is 5.91 Å². The van der Waals surface area contributed by atoms with Crippen LogP contribution in [0.5, 0.6) is 0 Å². The maximum atomic E-state index is 14.2. The number of carboxylic acid groups (broad SMARTS) is 1. The lowest BCUT2D eigenvalue weighted by Crippen LogP contribution is -2.71. The Labute approximate surface area is 575 Å². The fraction of sp³-hybridized carbons (Fsp3) is 0.417. The number of halogens is 1. The molecule has 6 aliphatic heterocycles. The highest BCUT2D eigenvalue weighted by molar-refractivity contribution is 5.95. The van der Waals surface area contributed by atoms with E-state index in [1.807, 2.05) is 132 Å². The minimum Gasteiger partial charge on any atom is -0.477 e. The second-order valence-electron chi connectivity index (χ2n) is 28.7. The molecule has 10 heterocycles. The molecule has 98 heavy (non-hydrogen) atoms. The normalized spacial score (nSPS) is 18.2. The van der Waals surface area contributed by atoms with E-state index in [9.17, 15) is 33.9 Å². The third-order valence-corrected chi connectivity index (χ3v) is 18.6. The number of nitrogens with zero attached hydrogens (tertiary/aromatic N) is 14. The lowest BCUT2D eigenvalue weighted by atomic mass is 9.73. The van der Waals surface area contributed by atoms with E-state index in [-0.39, 0.29) is 74.3 Å². The number of benzene rings is 4. The van der Waals surface area contributed by atoms with Gasteiger partial charge in [0, 0.05) is 124 Å². The number of aromatic carboxylic acids is 1. The zero-order valence-electron chi connectivity index (χ0n) is 57.2. The van der Waals surface area contributed by atoms with Gasteiger partial charge in [0.05, 0.1) is 59.3 Å². The fourth-order valence-electron chi connectivity index (χ4n) is 14.4. The quantitative estimate of drug-likeness (QED) is 0.110. The van der Waals surface area contributed by atoms with Gasteiger partial charge in [-0.2, -0.15) is 0 Å². The zero-order chi connectivity index (χ0) is 68.9. The summed E-state index contributed by atoms with van der Waals surface area (Å²) < 4.78 is 17.0. The number of carboxylic acids is 1. The number of nitrogens with two attached hydrogens (primary N) is 1. The van der Waals surface area contributed by atoms with Gasteiger partial charge in [-0.3, -0.25) is 32.9 Å². The first-order valence-corrected chi connectivity index (χ1v) is 32.9. The highest BCUT2D eigenvalue weighted by Gasteiger charge is 2.51. The first-order chi connectivity index (χ1) is 46.2. The Morgan fingerprint density at radius 1 is 0.561 bits per heavy atom. The molecule has 25 nitrogen and oxygen atoms in total. The van der Waals surface area contributed by atoms with Gasteiger partial charge in [0.1, 0.15) is 29.6 Å². The summed E-state index contributed by atoms with van der Waals surface area (Å²) in [5.74, 6) is -1.63. The SMILES string of the molecule is CC1Cn2c(c(C(=O)NCc3ccccc3-c3ccncn3)n(-c3ccc(N4CC5(CN(C)C5)C4)cc3)c2=O)CN1C(=O)OC(C)(C)C.CC1Cn2c(c(C(=O)O)n(-c3ccc(N4CC5(CN(C)C5)C4)cc3)c2=O)CN1C(=O)OC(C)(C)C.Cl.NCc1ccccc1-c1ccncn1. The van der Waals surface area contributed by atoms with Crippen molar-refractivity contribution in [3.8, 4) is 33.9 Å². The van der Waals surface area contributed by atoms with Crippen molar-refractivity contribution in [1.82, 2.24) is 63.1 Å². The van der Waals surface area contributed by atoms with Crippen LogP contribution in [-0.2, 0) is 48.7 Å². The number of nitrogens with one attached hydrogen (secondary N) is 1. The number of rotatable bonds is 11. The number of imidazole rings is 2. The van der Waals surface area contributed by atoms with Crippen LogP contribution in [0, 0.1) is 10.8 Å². The molecule has 0 radical (unpaired) electrons. The number of carbonyl (C=O) groups is 4. The highest BCUT2D eigenvalue weighted by atomic mass is 35.5. The van der Waals surface area contributed by atoms with Crippen LogP contribution in [0.2, 0.25) is 0 Å². The number of fused-ring (bicyclic) bond motifs is 2. The molecule has 4 saturated heterocycles. The van der Waals surface area contributed by atoms with Gasteiger partial charge in [-0.1, -0.05) is 48.5 Å². The van der Waals surface area contributed by atoms with Gasteiger partial charge in [-0.05, 0) is 141 Å². The smallest absolute Gasteiger partial charge is 0.410 e. The Bertz CT molecular complexity index is 4340. The van der Waals surface area contributed by atoms with E-state index in [4.69, 9.17) is 15.2 Å². The number of aromatic nitrogens is 8. The summed E-state index contributed by atoms with van der Waals surface area (Å²) in [5.41, 5.74) is 14.0. The predicted octanol–water partition coefficient (Wildman–Crippen LogP) is 8.17. The molecule has 2 spiro atoms. The fourth-order valence-corrected chi connectivity index (χ4v) is 14.4. The molecule has 516 valence electrons. The first kappa shape index (κ1) is 69.7. The number of hydrogen-bond donors (Lipinski definition) is 3. The molecule has 0 saturated carbocycles. The van der Waals surface area contributed by atoms with Crippen molar-refractivity contribution in [2.75, 3.05) is 76.3 Å². The monoisotopic (exact) mass is 1350 g/mol. The van der Waals surface area contributed by atoms with Crippen LogP contribution in [0.1, 0.15) is 98.9 Å². The molecule has 4 aromatic heterocycles. The third kappa shape index (κ3) is 14.3. The zero-order valence-corrected chi connectivity index (χ0v) is 58.0. The van der Waals surface area contributed by atoms with Crippen molar-refractivity contribution < 1.29 is 33.8 Å². The van der Waals surface area contributed by atoms with E-state index in [0.717, 1.165) is 97.4 Å². The molecule has 2 atom stereocenters. The number of carbonyl (C=O) groups excluding carboxylic acids is 3. The topological polar surface area (TPSA) is 270 Å². The van der Waals surface area contributed by atoms with Gasteiger partial charge >= 0.3 is 29.5 Å². The second-order valence-corrected chi connectivity index (χ2v) is 28.7. The highest BCUT2D eigenvalue weighted by Crippen LogP contribution is 2.43. The summed E-state index contributed by atoms with van der Waals surface area (Å²) in [7, 11) is 4.28. The molecular weight excluding hydrogens is 1270 g/mol. The number of ether oxygens (including phenoxy) is 2. The second kappa shape index (κ2) is 27.7. The van der Waals surface area contributed by atoms with Gasteiger partial charge in [-0.25, -0.2) is 43.9 Å². The molecular formula is C72H87ClN16O9. The van der Waals surface area contributed by atoms with Crippen LogP contribution < -0.4 is 32.2 Å². The molecule has 4 fully saturated rings. The largest absolute Gasteiger partial charge is 0.477 e. The lowest BCUT2D eigenvalue weighted by Gasteiger charge is -2.60. The third-order valence-electron chi connectivity index (χ3n) is 18.6. The summed E-state index contributed by atoms with van der Waals surface area (Å²) in [6, 6.07) is 34.1. The van der Waals surface area contributed by atoms with Crippen LogP contribution in [0.15, 0.2) is 144 Å². The Balaban J connectivity index is 0.000000169. The van der Waals surface area contributed by atoms with Crippen molar-refractivity contribution in [3.05, 3.63) is 189 Å². The van der Waals surface area contributed by atoms with Crippen molar-refractivity contribution >= 4 is 47.8 Å². The minimum absolute atomic E-state index is 0. The minimum atomic E-state index is -1.21. The van der Waals surface area contributed by atoms with Crippen molar-refractivity contribution in [2.24, 2.45) is 16.6 Å². The maximum absolute atomic E-state index is 14.2. The maximum Gasteiger partial charge on any atom is 0.410 e. The average Bonchev–Trinajstić information content (AvgIpc) is 1.13. The number of anilines is 2. The molecule has 4 N–H and O–H groups in total. The van der Waals surface area contributed by atoms with Gasteiger partial charge < -0.3 is 45.2 Å². The molecule has 0 aliphatic carbocycles. The van der Waals surface area contributed by atoms with E-state index >= 15 is 0 Å². The van der Waals surface area contributed by atoms with Crippen LogP contribution in [-0.4, -0.2) is 177 Å². The number of hydrogen-bond acceptors (Lipinski definition) is 17. The summed E-state index contributed by atoms with van der Waals surface area (Å²) in [5, 5.41) is 13.1. The van der Waals surface area contributed by atoms with Crippen LogP contribution >= 0.6 is 12.4 Å². The van der Waals surface area contributed by atoms with Crippen molar-refractivity contribution in [2.45, 2.75) is 118 Å². The number of amides is 3. The van der Waals surface area contributed by atoms with Gasteiger partial charge in [0.15, 0.2) is 5.69 Å². The summed E-state index contributed by atoms with van der Waals surface area (Å²) >= 11 is 0. The van der Waals surface area contributed by atoms with Gasteiger partial charge in [-0.15, -0.1) is 12.4 Å². The van der Waals surface area contributed by atoms with Crippen molar-refractivity contribution in [1.29, 1.82) is 0 Å². The van der Waals surface area contributed by atoms with E-state index < -0.39 is 41.0 Å². The van der Waals surface area contributed by atoms with E-state index in [2.05, 4.69) is 58.9 Å². The lowest BCUT2D eigenvalue weighted by molar-refractivity contribution is -0.00245. The molecule has 8 aromatic rings. The standard InChI is InChI=1S/C36H42N8O4.C25H33N5O5.C11H11N3.ClH/c1-24-17-43-30(18-42(24)34(47)48-35(2,3)4)31(32(45)38-16-25-8-6-7-9-28(25)29-14-15-37-23-39-29)44(33(43)46)27-12-10-26(11-13-27)41-21-36(22-41)19-40(5)20-36;1-16-10-29-19(11-28(16)23(34)35-24(2,3)4)20(21(31)32)30(22(29)33)18-8-6-17(7-9-18)27-14-25(15-27)12-26(5)13-25;12-7-9-3-1-2-4-10(9)11-5-6-13-8-14-11;/h6-15,23-24H,16-22H2,1-5H3,(H,38,45);6-9,16H,10-15H2,1-5H3,(H,31,32);1-6,8H,7,12H2;1H. The molecule has 26 heteroatoms. The van der Waals surface area contributed by atoms with E-state index in [1.54, 1.807) is 61.1 Å². The van der Waals surface area contributed by atoms with Crippen LogP contribution in [0.25, 0.3) is 33.9 Å². The van der Waals surface area contributed by atoms with Crippen LogP contribution in [0.4, 0.5) is 21.0 Å². The van der Waals surface area contributed by atoms with E-state index in [1.165, 1.54) is 24.9 Å². The van der Waals surface area contributed by atoms with Crippen molar-refractivity contribution in [3.63, 3.8) is 0 Å². The Kier molecular flexibility index (Phi) is 19.7. The Morgan fingerprint density at radius 2 is 0.949 bits per heavy atom. The molecule has 6 aliphatic rings. The Morgan fingerprint density at radius 3 is 1.34 bits per heavy atom. The summed E-state index contributed by atoms with van der Waals surface area (Å²) in [6.45, 7) is 24.2. The first-order valence-electron chi connectivity index (χ1n) is 32.9. The molecule has 2 unspecified atom stereocenters. The molecule has 14 rings (SSSR count). The average molecular weight is 1360 g/mol. The number of likely N-dealkylation sites (tertiary alicyclic amines) is 2. The predicted molar refractivity (Wildman–Crippen MR) is 375 cm³/mol.